The van der Waals surface area contributed by atoms with E-state index in [4.69, 9.17) is 0 Å². The minimum absolute atomic E-state index is 0. The number of hydrogen-bond donors (Lipinski definition) is 0. The molecule has 0 aliphatic rings. The van der Waals surface area contributed by atoms with Gasteiger partial charge >= 0.3 is 0 Å². The van der Waals surface area contributed by atoms with E-state index in [1.165, 1.54) is 22.3 Å². The zero-order valence-corrected chi connectivity index (χ0v) is 12.4. The summed E-state index contributed by atoms with van der Waals surface area (Å²) in [5.74, 6) is 0. The molecule has 0 heterocycles. The van der Waals surface area contributed by atoms with Crippen LogP contribution in [-0.2, 0) is 17.1 Å². The average molecular weight is 290 g/mol. The Bertz CT molecular complexity index is 543. The molecule has 3 aromatic carbocycles. The third kappa shape index (κ3) is 4.55. The molecule has 3 aromatic rings. The molecular formula is C18H18Fe-6. The Morgan fingerprint density at radius 2 is 1.32 bits per heavy atom. The summed E-state index contributed by atoms with van der Waals surface area (Å²) in [6.07, 6.45) is 0. The van der Waals surface area contributed by atoms with Gasteiger partial charge in [0.1, 0.15) is 0 Å². The predicted octanol–water partition coefficient (Wildman–Crippen LogP) is 5.09. The monoisotopic (exact) mass is 290 g/mol. The Balaban J connectivity index is 0.000000256. The first-order valence-electron chi connectivity index (χ1n) is 6.23. The first kappa shape index (κ1) is 15.5. The molecule has 0 N–H and O–H groups in total. The molecule has 0 bridgehead atoms. The zero-order valence-electron chi connectivity index (χ0n) is 11.3. The molecule has 0 atom stereocenters. The van der Waals surface area contributed by atoms with Crippen LogP contribution in [-0.4, -0.2) is 0 Å². The summed E-state index contributed by atoms with van der Waals surface area (Å²) in [6, 6.07) is 25.0. The first-order chi connectivity index (χ1) is 8.77. The van der Waals surface area contributed by atoms with E-state index in [0.29, 0.717) is 0 Å². The maximum absolute atomic E-state index is 2.24. The molecule has 0 unspecified atom stereocenters. The van der Waals surface area contributed by atoms with E-state index in [9.17, 15) is 0 Å². The summed E-state index contributed by atoms with van der Waals surface area (Å²) in [7, 11) is 0. The van der Waals surface area contributed by atoms with Crippen LogP contribution in [0.4, 0.5) is 0 Å². The van der Waals surface area contributed by atoms with E-state index in [-0.39, 0.29) is 17.1 Å². The van der Waals surface area contributed by atoms with E-state index in [1.807, 2.05) is 30.3 Å². The first-order valence-corrected chi connectivity index (χ1v) is 6.23. The Kier molecular flexibility index (Phi) is 6.35. The van der Waals surface area contributed by atoms with Gasteiger partial charge in [0.15, 0.2) is 0 Å². The van der Waals surface area contributed by atoms with E-state index in [1.54, 1.807) is 0 Å². The van der Waals surface area contributed by atoms with Crippen molar-refractivity contribution >= 4 is 0 Å². The van der Waals surface area contributed by atoms with Gasteiger partial charge in [-0.2, -0.15) is 12.1 Å². The van der Waals surface area contributed by atoms with Crippen molar-refractivity contribution in [3.8, 4) is 11.1 Å². The fourth-order valence-electron chi connectivity index (χ4n) is 1.81. The van der Waals surface area contributed by atoms with E-state index >= 15 is 0 Å². The molecule has 0 spiro atoms. The fraction of sp³-hybridized carbons (Fsp3) is 0.111. The maximum atomic E-state index is 2.24. The summed E-state index contributed by atoms with van der Waals surface area (Å²) in [4.78, 5) is 0. The summed E-state index contributed by atoms with van der Waals surface area (Å²) in [5, 5.41) is 0. The van der Waals surface area contributed by atoms with E-state index in [2.05, 4.69) is 56.3 Å². The molecule has 0 aromatic heterocycles. The van der Waals surface area contributed by atoms with Gasteiger partial charge in [-0.05, 0) is 13.8 Å². The van der Waals surface area contributed by atoms with Gasteiger partial charge in [0.25, 0.3) is 0 Å². The molecule has 0 nitrogen and oxygen atoms in total. The molecule has 0 aliphatic heterocycles. The largest absolute Gasteiger partial charge is 0.748 e. The standard InChI is InChI=1S/C13H13.C5H5.Fe/c1-10-7-8-13(9-11(10)2)12-5-3-4-6-12;1-2-4-5-3-1;/h3-9H,1-2H3;1-5H;/q-1;-5;. The minimum Gasteiger partial charge on any atom is -0.748 e. The van der Waals surface area contributed by atoms with Crippen molar-refractivity contribution in [3.05, 3.63) is 83.9 Å². The second-order valence-electron chi connectivity index (χ2n) is 4.43. The molecule has 0 fully saturated rings. The van der Waals surface area contributed by atoms with Crippen LogP contribution < -0.4 is 0 Å². The van der Waals surface area contributed by atoms with Crippen LogP contribution >= 0.6 is 0 Å². The van der Waals surface area contributed by atoms with Crippen molar-refractivity contribution in [1.82, 2.24) is 0 Å². The van der Waals surface area contributed by atoms with Crippen molar-refractivity contribution in [2.24, 2.45) is 0 Å². The van der Waals surface area contributed by atoms with Gasteiger partial charge in [0.05, 0.1) is 0 Å². The summed E-state index contributed by atoms with van der Waals surface area (Å²) in [5.41, 5.74) is 5.34. The Morgan fingerprint density at radius 3 is 1.79 bits per heavy atom. The molecule has 0 saturated heterocycles. The number of benzene rings is 1. The molecule has 0 saturated carbocycles. The number of hydrogen-bond acceptors (Lipinski definition) is 0. The zero-order chi connectivity index (χ0) is 12.8. The molecule has 0 amide bonds. The summed E-state index contributed by atoms with van der Waals surface area (Å²) >= 11 is 0. The SMILES string of the molecule is Cc1ccc(-[c-]2cccc2)cc1C.[Fe].[cH-]1[cH-][cH-][cH-][cH-]1. The fourth-order valence-corrected chi connectivity index (χ4v) is 1.81. The molecule has 1 heteroatoms. The van der Waals surface area contributed by atoms with E-state index < -0.39 is 0 Å². The third-order valence-electron chi connectivity index (χ3n) is 3.06. The normalized spacial score (nSPS) is 9.16. The second kappa shape index (κ2) is 7.78. The van der Waals surface area contributed by atoms with Crippen molar-refractivity contribution in [2.75, 3.05) is 0 Å². The molecule has 0 aliphatic carbocycles. The third-order valence-corrected chi connectivity index (χ3v) is 3.06. The second-order valence-corrected chi connectivity index (χ2v) is 4.43. The van der Waals surface area contributed by atoms with Crippen molar-refractivity contribution in [1.29, 1.82) is 0 Å². The van der Waals surface area contributed by atoms with Gasteiger partial charge in [-0.3, -0.25) is 0 Å². The predicted molar refractivity (Wildman–Crippen MR) is 79.0 cm³/mol. The van der Waals surface area contributed by atoms with Crippen LogP contribution in [0.3, 0.4) is 0 Å². The molecular weight excluding hydrogens is 272 g/mol. The van der Waals surface area contributed by atoms with Crippen molar-refractivity contribution < 1.29 is 17.1 Å². The molecule has 104 valence electrons. The van der Waals surface area contributed by atoms with Crippen molar-refractivity contribution in [2.45, 2.75) is 13.8 Å². The molecule has 19 heavy (non-hydrogen) atoms. The quantitative estimate of drug-likeness (QED) is 0.432. The average Bonchev–Trinajstić information content (AvgIpc) is 3.07. The summed E-state index contributed by atoms with van der Waals surface area (Å²) in [6.45, 7) is 4.30. The van der Waals surface area contributed by atoms with Crippen LogP contribution in [0.15, 0.2) is 72.8 Å². The number of rotatable bonds is 1. The van der Waals surface area contributed by atoms with Gasteiger partial charge in [-0.25, -0.2) is 0 Å². The number of aryl methyl sites for hydroxylation is 2. The Labute approximate surface area is 126 Å². The topological polar surface area (TPSA) is 0 Å². The minimum atomic E-state index is 0. The Hall–Kier alpha value is -1.56. The molecule has 0 radical (unpaired) electrons. The smallest absolute Gasteiger partial charge is 0 e. The van der Waals surface area contributed by atoms with Gasteiger partial charge in [-0.1, -0.05) is 22.8 Å². The van der Waals surface area contributed by atoms with Crippen LogP contribution in [0.1, 0.15) is 11.1 Å². The van der Waals surface area contributed by atoms with Gasteiger partial charge < -0.3 is 30.3 Å². The molecule has 3 rings (SSSR count). The van der Waals surface area contributed by atoms with Gasteiger partial charge in [0.2, 0.25) is 0 Å². The van der Waals surface area contributed by atoms with Crippen LogP contribution in [0, 0.1) is 13.8 Å². The van der Waals surface area contributed by atoms with Crippen LogP contribution in [0.2, 0.25) is 0 Å². The maximum Gasteiger partial charge on any atom is 0 e. The van der Waals surface area contributed by atoms with Crippen molar-refractivity contribution in [3.63, 3.8) is 0 Å². The van der Waals surface area contributed by atoms with E-state index in [0.717, 1.165) is 0 Å². The van der Waals surface area contributed by atoms with Gasteiger partial charge in [-0.15, -0.1) is 29.8 Å². The summed E-state index contributed by atoms with van der Waals surface area (Å²) < 4.78 is 0. The van der Waals surface area contributed by atoms with Gasteiger partial charge in [0, 0.05) is 17.1 Å². The van der Waals surface area contributed by atoms with Crippen LogP contribution in [0.5, 0.6) is 0 Å². The Morgan fingerprint density at radius 1 is 0.789 bits per heavy atom. The van der Waals surface area contributed by atoms with Crippen LogP contribution in [0.25, 0.3) is 11.1 Å².